The predicted octanol–water partition coefficient (Wildman–Crippen LogP) is 4.36. The third-order valence-corrected chi connectivity index (χ3v) is 3.91. The second kappa shape index (κ2) is 6.32. The molecule has 1 aromatic heterocycles. The summed E-state index contributed by atoms with van der Waals surface area (Å²) in [6.07, 6.45) is 0. The van der Waals surface area contributed by atoms with Gasteiger partial charge in [0, 0.05) is 11.6 Å². The van der Waals surface area contributed by atoms with Crippen LogP contribution in [-0.4, -0.2) is 15.7 Å². The van der Waals surface area contributed by atoms with Crippen molar-refractivity contribution in [2.24, 2.45) is 0 Å². The van der Waals surface area contributed by atoms with Gasteiger partial charge in [-0.05, 0) is 62.6 Å². The van der Waals surface area contributed by atoms with E-state index in [4.69, 9.17) is 0 Å². The second-order valence-corrected chi connectivity index (χ2v) is 6.20. The Balaban J connectivity index is 1.98. The lowest BCUT2D eigenvalue weighted by molar-refractivity contribution is 0.102. The smallest absolute Gasteiger partial charge is 0.257 e. The molecular weight excluding hydrogens is 298 g/mol. The molecule has 0 saturated heterocycles. The van der Waals surface area contributed by atoms with E-state index in [1.54, 1.807) is 4.68 Å². The van der Waals surface area contributed by atoms with Gasteiger partial charge in [0.15, 0.2) is 0 Å². The van der Waals surface area contributed by atoms with Crippen LogP contribution in [0.3, 0.4) is 0 Å². The van der Waals surface area contributed by atoms with E-state index in [0.717, 1.165) is 28.1 Å². The minimum Gasteiger partial charge on any atom is -0.306 e. The van der Waals surface area contributed by atoms with E-state index >= 15 is 0 Å². The Morgan fingerprint density at radius 1 is 0.958 bits per heavy atom. The van der Waals surface area contributed by atoms with Crippen LogP contribution in [-0.2, 0) is 0 Å². The molecule has 1 amide bonds. The van der Waals surface area contributed by atoms with Crippen LogP contribution in [0.25, 0.3) is 5.69 Å². The summed E-state index contributed by atoms with van der Waals surface area (Å²) in [6, 6.07) is 15.7. The maximum atomic E-state index is 12.6. The highest BCUT2D eigenvalue weighted by atomic mass is 16.1. The van der Waals surface area contributed by atoms with Crippen molar-refractivity contribution in [1.29, 1.82) is 0 Å². The number of rotatable bonds is 3. The Hall–Kier alpha value is -2.88. The molecule has 0 saturated carbocycles. The average molecular weight is 319 g/mol. The quantitative estimate of drug-likeness (QED) is 0.780. The Labute approximate surface area is 142 Å². The zero-order chi connectivity index (χ0) is 17.3. The molecule has 0 aliphatic carbocycles. The second-order valence-electron chi connectivity index (χ2n) is 6.20. The van der Waals surface area contributed by atoms with Crippen LogP contribution in [0.5, 0.6) is 0 Å². The number of carbonyl (C=O) groups is 1. The third-order valence-electron chi connectivity index (χ3n) is 3.91. The highest BCUT2D eigenvalue weighted by Gasteiger charge is 2.14. The molecule has 2 aromatic carbocycles. The lowest BCUT2D eigenvalue weighted by Gasteiger charge is -2.11. The van der Waals surface area contributed by atoms with E-state index in [1.807, 2.05) is 44.2 Å². The number of nitrogens with zero attached hydrogens (tertiary/aromatic N) is 2. The van der Waals surface area contributed by atoms with Crippen molar-refractivity contribution < 1.29 is 4.79 Å². The van der Waals surface area contributed by atoms with Gasteiger partial charge < -0.3 is 5.32 Å². The van der Waals surface area contributed by atoms with Crippen molar-refractivity contribution in [2.45, 2.75) is 27.7 Å². The van der Waals surface area contributed by atoms with Crippen molar-refractivity contribution in [3.05, 3.63) is 76.5 Å². The van der Waals surface area contributed by atoms with Crippen LogP contribution in [0.2, 0.25) is 0 Å². The fourth-order valence-electron chi connectivity index (χ4n) is 2.87. The topological polar surface area (TPSA) is 46.9 Å². The number of aryl methyl sites for hydroxylation is 4. The number of hydrogen-bond donors (Lipinski definition) is 1. The first kappa shape index (κ1) is 16.0. The highest BCUT2D eigenvalue weighted by Crippen LogP contribution is 2.21. The molecule has 0 aliphatic heterocycles. The maximum Gasteiger partial charge on any atom is 0.257 e. The Bertz CT molecular complexity index is 889. The molecule has 1 N–H and O–H groups in total. The van der Waals surface area contributed by atoms with Crippen molar-refractivity contribution >= 4 is 11.7 Å². The molecule has 0 spiro atoms. The first-order valence-electron chi connectivity index (χ1n) is 7.96. The van der Waals surface area contributed by atoms with E-state index in [0.29, 0.717) is 11.4 Å². The van der Waals surface area contributed by atoms with Crippen molar-refractivity contribution in [1.82, 2.24) is 9.78 Å². The van der Waals surface area contributed by atoms with Crippen molar-refractivity contribution in [3.63, 3.8) is 0 Å². The molecular formula is C20H21N3O. The summed E-state index contributed by atoms with van der Waals surface area (Å²) in [5.41, 5.74) is 5.74. The fourth-order valence-corrected chi connectivity index (χ4v) is 2.87. The standard InChI is InChI=1S/C20H21N3O/c1-13-9-14(2)11-17(10-13)23-19(12-16(4)22-23)21-20(24)18-8-6-5-7-15(18)3/h5-12H,1-4H3,(H,21,24). The van der Waals surface area contributed by atoms with E-state index in [2.05, 4.69) is 42.5 Å². The number of nitrogens with one attached hydrogen (secondary N) is 1. The monoisotopic (exact) mass is 319 g/mol. The molecule has 0 fully saturated rings. The first-order valence-corrected chi connectivity index (χ1v) is 7.96. The van der Waals surface area contributed by atoms with Gasteiger partial charge in [0.05, 0.1) is 11.4 Å². The Morgan fingerprint density at radius 2 is 1.62 bits per heavy atom. The summed E-state index contributed by atoms with van der Waals surface area (Å²) < 4.78 is 1.78. The van der Waals surface area contributed by atoms with Crippen LogP contribution in [0.4, 0.5) is 5.82 Å². The van der Waals surface area contributed by atoms with Gasteiger partial charge >= 0.3 is 0 Å². The molecule has 1 heterocycles. The van der Waals surface area contributed by atoms with E-state index in [9.17, 15) is 4.79 Å². The number of amides is 1. The normalized spacial score (nSPS) is 10.7. The molecule has 24 heavy (non-hydrogen) atoms. The van der Waals surface area contributed by atoms with Crippen LogP contribution in [0.1, 0.15) is 32.7 Å². The summed E-state index contributed by atoms with van der Waals surface area (Å²) in [6.45, 7) is 7.96. The van der Waals surface area contributed by atoms with E-state index < -0.39 is 0 Å². The summed E-state index contributed by atoms with van der Waals surface area (Å²) in [7, 11) is 0. The van der Waals surface area contributed by atoms with Crippen LogP contribution >= 0.6 is 0 Å². The maximum absolute atomic E-state index is 12.6. The minimum atomic E-state index is -0.126. The largest absolute Gasteiger partial charge is 0.306 e. The van der Waals surface area contributed by atoms with Gasteiger partial charge in [0.2, 0.25) is 0 Å². The minimum absolute atomic E-state index is 0.126. The molecule has 4 nitrogen and oxygen atoms in total. The van der Waals surface area contributed by atoms with Crippen molar-refractivity contribution in [3.8, 4) is 5.69 Å². The number of carbonyl (C=O) groups excluding carboxylic acids is 1. The number of hydrogen-bond acceptors (Lipinski definition) is 2. The lowest BCUT2D eigenvalue weighted by atomic mass is 10.1. The van der Waals surface area contributed by atoms with Gasteiger partial charge in [-0.3, -0.25) is 4.79 Å². The zero-order valence-corrected chi connectivity index (χ0v) is 14.4. The number of anilines is 1. The van der Waals surface area contributed by atoms with E-state index in [-0.39, 0.29) is 5.91 Å². The number of aromatic nitrogens is 2. The molecule has 0 atom stereocenters. The van der Waals surface area contributed by atoms with Crippen LogP contribution in [0, 0.1) is 27.7 Å². The van der Waals surface area contributed by atoms with E-state index in [1.165, 1.54) is 0 Å². The summed E-state index contributed by atoms with van der Waals surface area (Å²) in [5.74, 6) is 0.546. The Kier molecular flexibility index (Phi) is 4.21. The molecule has 122 valence electrons. The lowest BCUT2D eigenvalue weighted by Crippen LogP contribution is -2.16. The first-order chi connectivity index (χ1) is 11.4. The van der Waals surface area contributed by atoms with Gasteiger partial charge in [-0.1, -0.05) is 24.3 Å². The predicted molar refractivity (Wildman–Crippen MR) is 96.9 cm³/mol. The number of benzene rings is 2. The summed E-state index contributed by atoms with van der Waals surface area (Å²) in [4.78, 5) is 12.6. The average Bonchev–Trinajstić information content (AvgIpc) is 2.87. The van der Waals surface area contributed by atoms with Gasteiger partial charge in [0.25, 0.3) is 5.91 Å². The highest BCUT2D eigenvalue weighted by molar-refractivity contribution is 6.05. The summed E-state index contributed by atoms with van der Waals surface area (Å²) >= 11 is 0. The van der Waals surface area contributed by atoms with Gasteiger partial charge in [0.1, 0.15) is 5.82 Å². The molecule has 0 unspecified atom stereocenters. The van der Waals surface area contributed by atoms with Gasteiger partial charge in [-0.2, -0.15) is 5.10 Å². The molecule has 0 aliphatic rings. The molecule has 0 radical (unpaired) electrons. The Morgan fingerprint density at radius 3 is 2.29 bits per heavy atom. The molecule has 3 rings (SSSR count). The van der Waals surface area contributed by atoms with Gasteiger partial charge in [-0.25, -0.2) is 4.68 Å². The van der Waals surface area contributed by atoms with Crippen LogP contribution < -0.4 is 5.32 Å². The molecule has 0 bridgehead atoms. The van der Waals surface area contributed by atoms with Crippen LogP contribution in [0.15, 0.2) is 48.5 Å². The van der Waals surface area contributed by atoms with Crippen molar-refractivity contribution in [2.75, 3.05) is 5.32 Å². The molecule has 4 heteroatoms. The summed E-state index contributed by atoms with van der Waals surface area (Å²) in [5, 5.41) is 7.52. The zero-order valence-electron chi connectivity index (χ0n) is 14.4. The third kappa shape index (κ3) is 3.23. The fraction of sp³-hybridized carbons (Fsp3) is 0.200. The molecule has 3 aromatic rings. The SMILES string of the molecule is Cc1cc(C)cc(-n2nc(C)cc2NC(=O)c2ccccc2C)c1. The van der Waals surface area contributed by atoms with Gasteiger partial charge in [-0.15, -0.1) is 0 Å².